The minimum absolute atomic E-state index is 0.884. The van der Waals surface area contributed by atoms with Gasteiger partial charge in [0, 0.05) is 0 Å². The van der Waals surface area contributed by atoms with Crippen LogP contribution in [0.25, 0.3) is 0 Å². The van der Waals surface area contributed by atoms with Gasteiger partial charge < -0.3 is 0 Å². The molecule has 0 N–H and O–H groups in total. The first kappa shape index (κ1) is 27.8. The summed E-state index contributed by atoms with van der Waals surface area (Å²) in [7, 11) is 0. The van der Waals surface area contributed by atoms with Crippen LogP contribution in [0.5, 0.6) is 0 Å². The highest BCUT2D eigenvalue weighted by molar-refractivity contribution is 4.60. The van der Waals surface area contributed by atoms with Crippen LogP contribution in [0.15, 0.2) is 0 Å². The van der Waals surface area contributed by atoms with Gasteiger partial charge in [0.05, 0.1) is 0 Å². The molecule has 0 aromatic heterocycles. The summed E-state index contributed by atoms with van der Waals surface area (Å²) in [4.78, 5) is 0. The Morgan fingerprint density at radius 1 is 0.750 bits per heavy atom. The van der Waals surface area contributed by atoms with Crippen LogP contribution in [-0.4, -0.2) is 0 Å². The fraction of sp³-hybridized carbons (Fsp3) is 0.900. The van der Waals surface area contributed by atoms with Crippen LogP contribution in [0.4, 0.5) is 0 Å². The van der Waals surface area contributed by atoms with Crippen LogP contribution in [0, 0.1) is 30.6 Å². The summed E-state index contributed by atoms with van der Waals surface area (Å²) in [6.45, 7) is 19.9. The van der Waals surface area contributed by atoms with Crippen molar-refractivity contribution >= 4 is 0 Å². The van der Waals surface area contributed by atoms with Gasteiger partial charge >= 0.3 is 0 Å². The number of rotatable bonds is 7. The normalized spacial score (nSPS) is 11.8. The molecule has 2 atom stereocenters. The fourth-order valence-electron chi connectivity index (χ4n) is 1.63. The summed E-state index contributed by atoms with van der Waals surface area (Å²) >= 11 is 0. The first-order chi connectivity index (χ1) is 9.51. The van der Waals surface area contributed by atoms with Crippen molar-refractivity contribution in [3.8, 4) is 12.8 Å². The predicted octanol–water partition coefficient (Wildman–Crippen LogP) is 7.58. The maximum absolute atomic E-state index is 4.00. The van der Waals surface area contributed by atoms with Crippen LogP contribution in [0.3, 0.4) is 0 Å². The zero-order valence-corrected chi connectivity index (χ0v) is 16.1. The second kappa shape index (κ2) is 27.0. The summed E-state index contributed by atoms with van der Waals surface area (Å²) in [5, 5.41) is 0. The maximum Gasteiger partial charge on any atom is -0.0414 e. The molecule has 0 radical (unpaired) electrons. The number of terminal acetylenes is 1. The zero-order chi connectivity index (χ0) is 17.0. The first-order valence-corrected chi connectivity index (χ1v) is 8.84. The third-order valence-electron chi connectivity index (χ3n) is 3.52. The Morgan fingerprint density at radius 3 is 1.35 bits per heavy atom. The molecule has 0 aromatic rings. The van der Waals surface area contributed by atoms with E-state index in [1.54, 1.807) is 0 Å². The number of hydrogen-bond acceptors (Lipinski definition) is 0. The molecule has 0 rings (SSSR count). The molecule has 0 amide bonds. The van der Waals surface area contributed by atoms with Gasteiger partial charge in [-0.15, -0.1) is 12.8 Å². The lowest BCUT2D eigenvalue weighted by atomic mass is 9.89. The van der Waals surface area contributed by atoms with Gasteiger partial charge in [-0.3, -0.25) is 0 Å². The highest BCUT2D eigenvalue weighted by Crippen LogP contribution is 2.21. The Kier molecular flexibility index (Phi) is 37.6. The Balaban J connectivity index is -0.000000119. The van der Waals surface area contributed by atoms with E-state index in [2.05, 4.69) is 61.3 Å². The van der Waals surface area contributed by atoms with E-state index in [0.29, 0.717) is 0 Å². The quantitative estimate of drug-likeness (QED) is 0.423. The lowest BCUT2D eigenvalue weighted by Crippen LogP contribution is -2.04. The Bertz CT molecular complexity index is 143. The highest BCUT2D eigenvalue weighted by Gasteiger charge is 2.08. The van der Waals surface area contributed by atoms with E-state index in [9.17, 15) is 0 Å². The van der Waals surface area contributed by atoms with Crippen LogP contribution in [0.2, 0.25) is 0 Å². The molecule has 0 saturated heterocycles. The van der Waals surface area contributed by atoms with Crippen LogP contribution >= 0.6 is 0 Å². The fourth-order valence-corrected chi connectivity index (χ4v) is 1.63. The van der Waals surface area contributed by atoms with Crippen molar-refractivity contribution in [1.29, 1.82) is 0 Å². The van der Waals surface area contributed by atoms with E-state index in [1.807, 2.05) is 13.8 Å². The molecular weight excluding hydrogens is 240 g/mol. The topological polar surface area (TPSA) is 0 Å². The summed E-state index contributed by atoms with van der Waals surface area (Å²) in [6.07, 6.45) is 16.3. The standard InChI is InChI=1S/C11H24.C5H12.C2H6.C2H2/c1-5-8-11(7-3)9-10(4)6-2;1-4-5(2)3;2*1-2/h10-11H,5-9H2,1-4H3;5H,4H2,1-3H3;1-2H3;1-2H. The Hall–Kier alpha value is -0.440. The summed E-state index contributed by atoms with van der Waals surface area (Å²) < 4.78 is 0. The van der Waals surface area contributed by atoms with Crippen molar-refractivity contribution in [2.45, 2.75) is 101 Å². The van der Waals surface area contributed by atoms with Crippen molar-refractivity contribution < 1.29 is 0 Å². The molecule has 0 aromatic carbocycles. The number of hydrogen-bond donors (Lipinski definition) is 0. The molecule has 20 heavy (non-hydrogen) atoms. The lowest BCUT2D eigenvalue weighted by molar-refractivity contribution is 0.352. The largest absolute Gasteiger partial charge is 0.124 e. The van der Waals surface area contributed by atoms with Gasteiger partial charge in [-0.05, 0) is 24.2 Å². The molecule has 124 valence electrons. The highest BCUT2D eigenvalue weighted by atomic mass is 14.1. The van der Waals surface area contributed by atoms with Crippen molar-refractivity contribution in [3.05, 3.63) is 0 Å². The molecule has 0 heteroatoms. The van der Waals surface area contributed by atoms with Crippen LogP contribution in [0.1, 0.15) is 101 Å². The Morgan fingerprint density at radius 2 is 1.15 bits per heavy atom. The molecule has 0 spiro atoms. The molecule has 0 nitrogen and oxygen atoms in total. The monoisotopic (exact) mass is 284 g/mol. The van der Waals surface area contributed by atoms with Crippen LogP contribution in [-0.2, 0) is 0 Å². The van der Waals surface area contributed by atoms with E-state index in [4.69, 9.17) is 0 Å². The van der Waals surface area contributed by atoms with Gasteiger partial charge in [0.15, 0.2) is 0 Å². The Labute approximate surface area is 132 Å². The van der Waals surface area contributed by atoms with Gasteiger partial charge in [0.25, 0.3) is 0 Å². The molecule has 0 bridgehead atoms. The lowest BCUT2D eigenvalue weighted by Gasteiger charge is -2.17. The van der Waals surface area contributed by atoms with Gasteiger partial charge in [0.2, 0.25) is 0 Å². The molecule has 0 aliphatic carbocycles. The van der Waals surface area contributed by atoms with E-state index in [1.165, 1.54) is 38.5 Å². The maximum atomic E-state index is 4.00. The van der Waals surface area contributed by atoms with Gasteiger partial charge in [-0.2, -0.15) is 0 Å². The molecule has 0 aliphatic heterocycles. The summed E-state index contributed by atoms with van der Waals surface area (Å²) in [5.41, 5.74) is 0. The zero-order valence-electron chi connectivity index (χ0n) is 16.1. The van der Waals surface area contributed by atoms with Gasteiger partial charge in [-0.25, -0.2) is 0 Å². The molecule has 0 heterocycles. The SMILES string of the molecule is C#C.CC.CCC(C)C.CCCC(CC)CC(C)CC. The smallest absolute Gasteiger partial charge is 0.0414 e. The first-order valence-electron chi connectivity index (χ1n) is 8.84. The van der Waals surface area contributed by atoms with E-state index in [-0.39, 0.29) is 0 Å². The van der Waals surface area contributed by atoms with Crippen molar-refractivity contribution in [1.82, 2.24) is 0 Å². The predicted molar refractivity (Wildman–Crippen MR) is 99.1 cm³/mol. The van der Waals surface area contributed by atoms with Crippen LogP contribution < -0.4 is 0 Å². The van der Waals surface area contributed by atoms with Gasteiger partial charge in [0.1, 0.15) is 0 Å². The molecule has 0 aliphatic rings. The van der Waals surface area contributed by atoms with E-state index >= 15 is 0 Å². The second-order valence-electron chi connectivity index (χ2n) is 5.61. The average molecular weight is 285 g/mol. The third kappa shape index (κ3) is 30.5. The van der Waals surface area contributed by atoms with Crippen molar-refractivity contribution in [2.24, 2.45) is 17.8 Å². The van der Waals surface area contributed by atoms with E-state index in [0.717, 1.165) is 17.8 Å². The van der Waals surface area contributed by atoms with Crippen molar-refractivity contribution in [2.75, 3.05) is 0 Å². The minimum Gasteiger partial charge on any atom is -0.124 e. The van der Waals surface area contributed by atoms with Gasteiger partial charge in [-0.1, -0.05) is 94.4 Å². The molecule has 0 saturated carbocycles. The summed E-state index contributed by atoms with van der Waals surface area (Å²) in [6, 6.07) is 0. The third-order valence-corrected chi connectivity index (χ3v) is 3.52. The second-order valence-corrected chi connectivity index (χ2v) is 5.61. The minimum atomic E-state index is 0.884. The summed E-state index contributed by atoms with van der Waals surface area (Å²) in [5.74, 6) is 2.82. The average Bonchev–Trinajstić information content (AvgIpc) is 2.51. The molecule has 2 unspecified atom stereocenters. The molecule has 0 fully saturated rings. The molecular formula is C20H44. The van der Waals surface area contributed by atoms with E-state index < -0.39 is 0 Å². The van der Waals surface area contributed by atoms with Crippen molar-refractivity contribution in [3.63, 3.8) is 0 Å².